The molecule has 0 radical (unpaired) electrons. The maximum atomic E-state index is 9.17. The second-order valence-electron chi connectivity index (χ2n) is 5.46. The van der Waals surface area contributed by atoms with E-state index in [4.69, 9.17) is 10.1 Å². The Hall–Kier alpha value is -0.860. The summed E-state index contributed by atoms with van der Waals surface area (Å²) in [6.45, 7) is 4.37. The van der Waals surface area contributed by atoms with E-state index >= 15 is 0 Å². The molecule has 1 N–H and O–H groups in total. The molecule has 1 atom stereocenters. The fourth-order valence-electron chi connectivity index (χ4n) is 2.76. The van der Waals surface area contributed by atoms with Crippen LogP contribution in [0.15, 0.2) is 24.3 Å². The molecule has 1 aliphatic carbocycles. The van der Waals surface area contributed by atoms with Crippen LogP contribution >= 0.6 is 0 Å². The summed E-state index contributed by atoms with van der Waals surface area (Å²) in [6, 6.07) is 8.28. The van der Waals surface area contributed by atoms with E-state index < -0.39 is 0 Å². The molecule has 0 spiro atoms. The molecule has 94 valence electrons. The first-order valence-corrected chi connectivity index (χ1v) is 6.57. The van der Waals surface area contributed by atoms with Crippen LogP contribution in [0.3, 0.4) is 0 Å². The molecule has 1 aromatic rings. The van der Waals surface area contributed by atoms with Gasteiger partial charge in [-0.15, -0.1) is 0 Å². The Labute approximate surface area is 104 Å². The Morgan fingerprint density at radius 3 is 2.24 bits per heavy atom. The number of benzene rings is 1. The van der Waals surface area contributed by atoms with Gasteiger partial charge in [-0.05, 0) is 37.2 Å². The zero-order valence-electron chi connectivity index (χ0n) is 10.7. The van der Waals surface area contributed by atoms with Crippen LogP contribution in [0.25, 0.3) is 0 Å². The van der Waals surface area contributed by atoms with Gasteiger partial charge in [0.05, 0.1) is 0 Å². The number of rotatable bonds is 3. The van der Waals surface area contributed by atoms with Crippen LogP contribution in [-0.2, 0) is 4.89 Å². The van der Waals surface area contributed by atoms with Gasteiger partial charge >= 0.3 is 0 Å². The summed E-state index contributed by atoms with van der Waals surface area (Å²) in [7, 11) is 0. The van der Waals surface area contributed by atoms with Gasteiger partial charge in [0.2, 0.25) is 0 Å². The maximum Gasteiger partial charge on any atom is 0.120 e. The average molecular weight is 234 g/mol. The highest BCUT2D eigenvalue weighted by Crippen LogP contribution is 2.38. The molecular weight excluding hydrogens is 212 g/mol. The van der Waals surface area contributed by atoms with Gasteiger partial charge in [0.25, 0.3) is 0 Å². The van der Waals surface area contributed by atoms with E-state index in [1.54, 1.807) is 0 Å². The molecule has 0 aliphatic heterocycles. The van der Waals surface area contributed by atoms with Crippen molar-refractivity contribution in [3.8, 4) is 0 Å². The molecule has 2 heteroatoms. The third kappa shape index (κ3) is 3.08. The first-order valence-electron chi connectivity index (χ1n) is 6.57. The molecule has 0 aromatic heterocycles. The van der Waals surface area contributed by atoms with Gasteiger partial charge in [-0.3, -0.25) is 5.26 Å². The highest BCUT2D eigenvalue weighted by Gasteiger charge is 2.28. The highest BCUT2D eigenvalue weighted by molar-refractivity contribution is 5.23. The lowest BCUT2D eigenvalue weighted by molar-refractivity contribution is -0.296. The molecule has 0 saturated heterocycles. The summed E-state index contributed by atoms with van der Waals surface area (Å²) in [6.07, 6.45) is 4.65. The van der Waals surface area contributed by atoms with E-state index in [-0.39, 0.29) is 6.10 Å². The van der Waals surface area contributed by atoms with Crippen molar-refractivity contribution in [3.63, 3.8) is 0 Å². The number of aryl methyl sites for hydroxylation is 1. The average Bonchev–Trinajstić information content (AvgIpc) is 2.35. The minimum Gasteiger partial charge on any atom is -0.251 e. The molecule has 1 aliphatic rings. The zero-order chi connectivity index (χ0) is 12.3. The highest BCUT2D eigenvalue weighted by atomic mass is 17.1. The Kier molecular flexibility index (Phi) is 4.19. The van der Waals surface area contributed by atoms with Crippen LogP contribution in [0.4, 0.5) is 0 Å². The molecule has 1 fully saturated rings. The third-order valence-corrected chi connectivity index (χ3v) is 4.01. The summed E-state index contributed by atoms with van der Waals surface area (Å²) < 4.78 is 0. The standard InChI is InChI=1S/C15H22O2/c1-11-3-7-13(8-4-11)15(17-16)14-9-5-12(2)6-10-14/h3-4,7-8,12,14-16H,5-6,9-10H2,1-2H3. The maximum absolute atomic E-state index is 9.17. The Balaban J connectivity index is 2.08. The van der Waals surface area contributed by atoms with Gasteiger partial charge in [0, 0.05) is 0 Å². The summed E-state index contributed by atoms with van der Waals surface area (Å²) in [5, 5.41) is 9.17. The summed E-state index contributed by atoms with van der Waals surface area (Å²) >= 11 is 0. The Bertz CT molecular complexity index is 336. The van der Waals surface area contributed by atoms with Crippen molar-refractivity contribution in [3.05, 3.63) is 35.4 Å². The molecule has 2 rings (SSSR count). The molecule has 1 aromatic carbocycles. The predicted octanol–water partition coefficient (Wildman–Crippen LogP) is 4.35. The SMILES string of the molecule is Cc1ccc(C(OO)C2CCC(C)CC2)cc1. The van der Waals surface area contributed by atoms with E-state index in [2.05, 4.69) is 38.1 Å². The Morgan fingerprint density at radius 2 is 1.71 bits per heavy atom. The quantitative estimate of drug-likeness (QED) is 0.622. The van der Waals surface area contributed by atoms with Crippen LogP contribution in [0, 0.1) is 18.8 Å². The van der Waals surface area contributed by atoms with Gasteiger partial charge in [0.15, 0.2) is 0 Å². The van der Waals surface area contributed by atoms with Crippen molar-refractivity contribution < 1.29 is 10.1 Å². The van der Waals surface area contributed by atoms with Gasteiger partial charge in [-0.2, -0.15) is 0 Å². The lowest BCUT2D eigenvalue weighted by Crippen LogP contribution is -2.21. The molecular formula is C15H22O2. The van der Waals surface area contributed by atoms with Gasteiger partial charge in [0.1, 0.15) is 6.10 Å². The van der Waals surface area contributed by atoms with E-state index in [1.165, 1.54) is 18.4 Å². The van der Waals surface area contributed by atoms with Gasteiger partial charge in [-0.1, -0.05) is 49.6 Å². The lowest BCUT2D eigenvalue weighted by atomic mass is 9.78. The molecule has 17 heavy (non-hydrogen) atoms. The minimum atomic E-state index is -0.150. The summed E-state index contributed by atoms with van der Waals surface area (Å²) in [5.74, 6) is 1.28. The van der Waals surface area contributed by atoms with E-state index in [0.29, 0.717) is 5.92 Å². The summed E-state index contributed by atoms with van der Waals surface area (Å²) in [4.78, 5) is 4.75. The van der Waals surface area contributed by atoms with E-state index in [9.17, 15) is 0 Å². The second-order valence-corrected chi connectivity index (χ2v) is 5.46. The third-order valence-electron chi connectivity index (χ3n) is 4.01. The van der Waals surface area contributed by atoms with Crippen molar-refractivity contribution >= 4 is 0 Å². The van der Waals surface area contributed by atoms with Crippen LogP contribution in [0.2, 0.25) is 0 Å². The van der Waals surface area contributed by atoms with E-state index in [1.807, 2.05) is 0 Å². The van der Waals surface area contributed by atoms with Crippen LogP contribution in [0.1, 0.15) is 49.8 Å². The molecule has 0 heterocycles. The van der Waals surface area contributed by atoms with Gasteiger partial charge < -0.3 is 0 Å². The largest absolute Gasteiger partial charge is 0.251 e. The molecule has 0 amide bonds. The van der Waals surface area contributed by atoms with Crippen molar-refractivity contribution in [1.29, 1.82) is 0 Å². The lowest BCUT2D eigenvalue weighted by Gasteiger charge is -2.31. The second kappa shape index (κ2) is 5.65. The first-order chi connectivity index (χ1) is 8.20. The normalized spacial score (nSPS) is 26.8. The van der Waals surface area contributed by atoms with Crippen LogP contribution < -0.4 is 0 Å². The zero-order valence-corrected chi connectivity index (χ0v) is 10.7. The number of hydrogen-bond acceptors (Lipinski definition) is 2. The minimum absolute atomic E-state index is 0.150. The monoisotopic (exact) mass is 234 g/mol. The molecule has 1 saturated carbocycles. The molecule has 1 unspecified atom stereocenters. The summed E-state index contributed by atoms with van der Waals surface area (Å²) in [5.41, 5.74) is 2.33. The topological polar surface area (TPSA) is 29.5 Å². The smallest absolute Gasteiger partial charge is 0.120 e. The van der Waals surface area contributed by atoms with Gasteiger partial charge in [-0.25, -0.2) is 4.89 Å². The van der Waals surface area contributed by atoms with Crippen molar-refractivity contribution in [2.45, 2.75) is 45.6 Å². The molecule has 2 nitrogen and oxygen atoms in total. The van der Waals surface area contributed by atoms with Crippen molar-refractivity contribution in [1.82, 2.24) is 0 Å². The molecule has 0 bridgehead atoms. The van der Waals surface area contributed by atoms with Crippen LogP contribution in [0.5, 0.6) is 0 Å². The first kappa shape index (κ1) is 12.6. The number of hydrogen-bond donors (Lipinski definition) is 1. The predicted molar refractivity (Wildman–Crippen MR) is 68.8 cm³/mol. The van der Waals surface area contributed by atoms with Crippen molar-refractivity contribution in [2.24, 2.45) is 11.8 Å². The van der Waals surface area contributed by atoms with E-state index in [0.717, 1.165) is 24.3 Å². The van der Waals surface area contributed by atoms with Crippen LogP contribution in [-0.4, -0.2) is 5.26 Å². The fourth-order valence-corrected chi connectivity index (χ4v) is 2.76. The Morgan fingerprint density at radius 1 is 1.12 bits per heavy atom. The fraction of sp³-hybridized carbons (Fsp3) is 0.600. The van der Waals surface area contributed by atoms with Crippen molar-refractivity contribution in [2.75, 3.05) is 0 Å².